The van der Waals surface area contributed by atoms with Gasteiger partial charge in [0.1, 0.15) is 5.75 Å². The summed E-state index contributed by atoms with van der Waals surface area (Å²) in [6.45, 7) is 1.85. The van der Waals surface area contributed by atoms with E-state index in [-0.39, 0.29) is 19.4 Å². The second kappa shape index (κ2) is 11.2. The van der Waals surface area contributed by atoms with Crippen molar-refractivity contribution in [1.29, 1.82) is 5.26 Å². The minimum Gasteiger partial charge on any atom is -0.484 e. The molecule has 0 saturated carbocycles. The molecule has 0 heterocycles. The minimum absolute atomic E-state index is 0.0901. The lowest BCUT2D eigenvalue weighted by molar-refractivity contribution is -0.136. The van der Waals surface area contributed by atoms with Crippen molar-refractivity contribution in [3.63, 3.8) is 0 Å². The molecule has 2 rings (SSSR count). The standard InChI is InChI=1S/C22H23N3O4/c1-2-3-16-4-8-18(9-5-16)20(12-13-22(27)28)24-25-21(26)15-29-19-10-6-17(14-23)7-11-19/h4-11H,2-3,12-13,15H2,1H3,(H,25,26)(H,27,28). The number of nitriles is 1. The number of aliphatic carboxylic acids is 1. The molecule has 0 radical (unpaired) electrons. The lowest BCUT2D eigenvalue weighted by Crippen LogP contribution is -2.26. The molecule has 0 aliphatic carbocycles. The van der Waals surface area contributed by atoms with E-state index in [0.29, 0.717) is 17.0 Å². The number of nitrogens with one attached hydrogen (secondary N) is 1. The van der Waals surface area contributed by atoms with Crippen LogP contribution in [0.1, 0.15) is 42.9 Å². The van der Waals surface area contributed by atoms with E-state index in [1.54, 1.807) is 24.3 Å². The average Bonchev–Trinajstić information content (AvgIpc) is 2.73. The van der Waals surface area contributed by atoms with Gasteiger partial charge in [0.25, 0.3) is 5.91 Å². The first-order chi connectivity index (χ1) is 14.0. The van der Waals surface area contributed by atoms with Gasteiger partial charge in [0.15, 0.2) is 6.61 Å². The van der Waals surface area contributed by atoms with Gasteiger partial charge in [0.2, 0.25) is 0 Å². The summed E-state index contributed by atoms with van der Waals surface area (Å²) in [5.74, 6) is -0.943. The second-order valence-electron chi connectivity index (χ2n) is 6.36. The minimum atomic E-state index is -0.934. The quantitative estimate of drug-likeness (QED) is 0.475. The number of benzene rings is 2. The molecule has 0 aliphatic heterocycles. The van der Waals surface area contributed by atoms with Crippen LogP contribution in [0.3, 0.4) is 0 Å². The van der Waals surface area contributed by atoms with Gasteiger partial charge >= 0.3 is 5.97 Å². The lowest BCUT2D eigenvalue weighted by Gasteiger charge is -2.09. The molecule has 1 amide bonds. The number of nitrogens with zero attached hydrogens (tertiary/aromatic N) is 2. The topological polar surface area (TPSA) is 112 Å². The summed E-state index contributed by atoms with van der Waals surface area (Å²) in [7, 11) is 0. The van der Waals surface area contributed by atoms with E-state index in [1.165, 1.54) is 5.56 Å². The number of carbonyl (C=O) groups excluding carboxylic acids is 1. The highest BCUT2D eigenvalue weighted by atomic mass is 16.5. The molecule has 0 spiro atoms. The highest BCUT2D eigenvalue weighted by molar-refractivity contribution is 6.02. The number of hydrazone groups is 1. The smallest absolute Gasteiger partial charge is 0.303 e. The normalized spacial score (nSPS) is 10.8. The largest absolute Gasteiger partial charge is 0.484 e. The van der Waals surface area contributed by atoms with Gasteiger partial charge in [0.05, 0.1) is 23.8 Å². The van der Waals surface area contributed by atoms with Gasteiger partial charge in [0, 0.05) is 6.42 Å². The summed E-state index contributed by atoms with van der Waals surface area (Å²) < 4.78 is 5.36. The van der Waals surface area contributed by atoms with Gasteiger partial charge in [-0.15, -0.1) is 0 Å². The third kappa shape index (κ3) is 7.46. The Balaban J connectivity index is 2.00. The maximum absolute atomic E-state index is 12.0. The van der Waals surface area contributed by atoms with E-state index in [2.05, 4.69) is 17.5 Å². The molecule has 0 atom stereocenters. The van der Waals surface area contributed by atoms with Crippen LogP contribution >= 0.6 is 0 Å². The van der Waals surface area contributed by atoms with E-state index in [4.69, 9.17) is 15.1 Å². The van der Waals surface area contributed by atoms with Crippen molar-refractivity contribution in [3.8, 4) is 11.8 Å². The van der Waals surface area contributed by atoms with Crippen molar-refractivity contribution in [2.75, 3.05) is 6.61 Å². The molecule has 0 unspecified atom stereocenters. The summed E-state index contributed by atoms with van der Waals surface area (Å²) in [5, 5.41) is 21.9. The van der Waals surface area contributed by atoms with Gasteiger partial charge in [-0.1, -0.05) is 37.6 Å². The number of ether oxygens (including phenoxy) is 1. The molecule has 29 heavy (non-hydrogen) atoms. The molecule has 0 saturated heterocycles. The highest BCUT2D eigenvalue weighted by Gasteiger charge is 2.09. The number of hydrogen-bond acceptors (Lipinski definition) is 5. The van der Waals surface area contributed by atoms with Crippen LogP contribution in [0, 0.1) is 11.3 Å². The molecule has 2 aromatic rings. The Morgan fingerprint density at radius 1 is 1.10 bits per heavy atom. The van der Waals surface area contributed by atoms with E-state index >= 15 is 0 Å². The first kappa shape index (κ1) is 21.6. The highest BCUT2D eigenvalue weighted by Crippen LogP contribution is 2.12. The Kier molecular flexibility index (Phi) is 8.39. The van der Waals surface area contributed by atoms with Crippen LogP contribution in [0.25, 0.3) is 0 Å². The number of aryl methyl sites for hydroxylation is 1. The van der Waals surface area contributed by atoms with Crippen LogP contribution in [0.2, 0.25) is 0 Å². The Labute approximate surface area is 169 Å². The van der Waals surface area contributed by atoms with Crippen molar-refractivity contribution < 1.29 is 19.4 Å². The van der Waals surface area contributed by atoms with E-state index in [9.17, 15) is 9.59 Å². The fourth-order valence-corrected chi connectivity index (χ4v) is 2.58. The number of carboxylic acid groups (broad SMARTS) is 1. The number of amides is 1. The van der Waals surface area contributed by atoms with Crippen LogP contribution < -0.4 is 10.2 Å². The predicted molar refractivity (Wildman–Crippen MR) is 109 cm³/mol. The van der Waals surface area contributed by atoms with Crippen LogP contribution in [-0.2, 0) is 16.0 Å². The van der Waals surface area contributed by atoms with Crippen LogP contribution in [0.15, 0.2) is 53.6 Å². The Morgan fingerprint density at radius 2 is 1.79 bits per heavy atom. The monoisotopic (exact) mass is 393 g/mol. The molecule has 0 aromatic heterocycles. The summed E-state index contributed by atoms with van der Waals surface area (Å²) in [6.07, 6.45) is 2.10. The SMILES string of the molecule is CCCc1ccc(C(CCC(=O)O)=NNC(=O)COc2ccc(C#N)cc2)cc1. The van der Waals surface area contributed by atoms with Crippen LogP contribution in [-0.4, -0.2) is 29.3 Å². The molecule has 0 aliphatic rings. The van der Waals surface area contributed by atoms with Crippen LogP contribution in [0.5, 0.6) is 5.75 Å². The van der Waals surface area contributed by atoms with Gasteiger partial charge < -0.3 is 9.84 Å². The zero-order valence-electron chi connectivity index (χ0n) is 16.2. The molecule has 7 nitrogen and oxygen atoms in total. The van der Waals surface area contributed by atoms with Crippen molar-refractivity contribution >= 4 is 17.6 Å². The molecule has 150 valence electrons. The van der Waals surface area contributed by atoms with Crippen molar-refractivity contribution in [2.24, 2.45) is 5.10 Å². The summed E-state index contributed by atoms with van der Waals surface area (Å²) >= 11 is 0. The Bertz CT molecular complexity index is 897. The fraction of sp³-hybridized carbons (Fsp3) is 0.273. The summed E-state index contributed by atoms with van der Waals surface area (Å²) in [4.78, 5) is 23.0. The van der Waals surface area contributed by atoms with E-state index in [0.717, 1.165) is 18.4 Å². The summed E-state index contributed by atoms with van der Waals surface area (Å²) in [6, 6.07) is 16.1. The summed E-state index contributed by atoms with van der Waals surface area (Å²) in [5.41, 5.74) is 5.36. The van der Waals surface area contributed by atoms with Crippen molar-refractivity contribution in [2.45, 2.75) is 32.6 Å². The molecule has 7 heteroatoms. The average molecular weight is 393 g/mol. The zero-order valence-corrected chi connectivity index (χ0v) is 16.2. The van der Waals surface area contributed by atoms with E-state index < -0.39 is 11.9 Å². The maximum atomic E-state index is 12.0. The van der Waals surface area contributed by atoms with Crippen molar-refractivity contribution in [1.82, 2.24) is 5.43 Å². The Morgan fingerprint density at radius 3 is 2.38 bits per heavy atom. The van der Waals surface area contributed by atoms with Gasteiger partial charge in [-0.05, 0) is 41.8 Å². The number of hydrogen-bond donors (Lipinski definition) is 2. The number of carboxylic acids is 1. The third-order valence-corrected chi connectivity index (χ3v) is 4.07. The van der Waals surface area contributed by atoms with Crippen LogP contribution in [0.4, 0.5) is 0 Å². The van der Waals surface area contributed by atoms with Gasteiger partial charge in [-0.3, -0.25) is 9.59 Å². The predicted octanol–water partition coefficient (Wildman–Crippen LogP) is 3.27. The van der Waals surface area contributed by atoms with Crippen molar-refractivity contribution in [3.05, 3.63) is 65.2 Å². The van der Waals surface area contributed by atoms with Gasteiger partial charge in [-0.25, -0.2) is 5.43 Å². The number of rotatable bonds is 10. The van der Waals surface area contributed by atoms with Gasteiger partial charge in [-0.2, -0.15) is 10.4 Å². The first-order valence-electron chi connectivity index (χ1n) is 9.31. The lowest BCUT2D eigenvalue weighted by atomic mass is 10.0. The maximum Gasteiger partial charge on any atom is 0.303 e. The zero-order chi connectivity index (χ0) is 21.1. The molecule has 2 aromatic carbocycles. The van der Waals surface area contributed by atoms with E-state index in [1.807, 2.05) is 30.3 Å². The first-order valence-corrected chi connectivity index (χ1v) is 9.31. The second-order valence-corrected chi connectivity index (χ2v) is 6.36. The molecule has 0 bridgehead atoms. The fourth-order valence-electron chi connectivity index (χ4n) is 2.58. The molecule has 0 fully saturated rings. The molecular weight excluding hydrogens is 370 g/mol. The number of carbonyl (C=O) groups is 2. The molecule has 2 N–H and O–H groups in total. The Hall–Kier alpha value is -3.66. The molecular formula is C22H23N3O4. The third-order valence-electron chi connectivity index (χ3n) is 4.07.